The highest BCUT2D eigenvalue weighted by atomic mass is 16.5. The molecule has 0 radical (unpaired) electrons. The first kappa shape index (κ1) is 16.3. The van der Waals surface area contributed by atoms with Gasteiger partial charge in [-0.2, -0.15) is 4.98 Å². The van der Waals surface area contributed by atoms with E-state index in [1.807, 2.05) is 18.7 Å². The summed E-state index contributed by atoms with van der Waals surface area (Å²) in [5, 5.41) is 8.18. The van der Waals surface area contributed by atoms with Crippen molar-refractivity contribution in [3.05, 3.63) is 28.7 Å². The summed E-state index contributed by atoms with van der Waals surface area (Å²) in [6.07, 6.45) is 5.43. The van der Waals surface area contributed by atoms with E-state index in [0.717, 1.165) is 49.3 Å². The van der Waals surface area contributed by atoms with Crippen LogP contribution in [0.5, 0.6) is 0 Å². The molecule has 1 saturated carbocycles. The van der Waals surface area contributed by atoms with Gasteiger partial charge in [-0.15, -0.1) is 0 Å². The molecule has 1 atom stereocenters. The third kappa shape index (κ3) is 2.85. The second kappa shape index (κ2) is 5.97. The summed E-state index contributed by atoms with van der Waals surface area (Å²) < 4.78 is 10.7. The van der Waals surface area contributed by atoms with E-state index < -0.39 is 5.54 Å². The van der Waals surface area contributed by atoms with Crippen LogP contribution in [0.3, 0.4) is 0 Å². The maximum absolute atomic E-state index is 13.1. The summed E-state index contributed by atoms with van der Waals surface area (Å²) in [7, 11) is 0. The van der Waals surface area contributed by atoms with Gasteiger partial charge in [-0.1, -0.05) is 10.3 Å². The van der Waals surface area contributed by atoms with Crippen molar-refractivity contribution in [2.45, 2.75) is 70.8 Å². The molecule has 7 heteroatoms. The van der Waals surface area contributed by atoms with Crippen molar-refractivity contribution in [1.29, 1.82) is 0 Å². The number of likely N-dealkylation sites (tertiary alicyclic amines) is 1. The molecule has 0 bridgehead atoms. The maximum atomic E-state index is 13.1. The van der Waals surface area contributed by atoms with Gasteiger partial charge in [0.05, 0.1) is 12.1 Å². The number of hydrogen-bond acceptors (Lipinski definition) is 6. The number of aromatic nitrogens is 3. The predicted octanol–water partition coefficient (Wildman–Crippen LogP) is 3.02. The molecule has 0 spiro atoms. The second-order valence-corrected chi connectivity index (χ2v) is 7.49. The number of amides is 1. The smallest absolute Gasteiger partial charge is 0.229 e. The number of piperidine rings is 1. The molecule has 2 aliphatic rings. The molecule has 1 aliphatic carbocycles. The van der Waals surface area contributed by atoms with Crippen LogP contribution in [0.4, 0.5) is 0 Å². The molecular formula is C18H24N4O3. The zero-order valence-corrected chi connectivity index (χ0v) is 15.0. The molecule has 25 heavy (non-hydrogen) atoms. The summed E-state index contributed by atoms with van der Waals surface area (Å²) in [6, 6.07) is 0. The van der Waals surface area contributed by atoms with Gasteiger partial charge in [0.2, 0.25) is 11.8 Å². The van der Waals surface area contributed by atoms with Gasteiger partial charge in [0.25, 0.3) is 0 Å². The van der Waals surface area contributed by atoms with Gasteiger partial charge >= 0.3 is 0 Å². The highest BCUT2D eigenvalue weighted by Crippen LogP contribution is 2.41. The molecule has 134 valence electrons. The van der Waals surface area contributed by atoms with E-state index in [4.69, 9.17) is 9.05 Å². The van der Waals surface area contributed by atoms with Crippen molar-refractivity contribution >= 4 is 5.91 Å². The van der Waals surface area contributed by atoms with E-state index in [1.54, 1.807) is 0 Å². The summed E-state index contributed by atoms with van der Waals surface area (Å²) in [6.45, 7) is 6.49. The number of carbonyl (C=O) groups excluding carboxylic acids is 1. The average Bonchev–Trinajstić information content (AvgIpc) is 3.24. The topological polar surface area (TPSA) is 85.3 Å². The van der Waals surface area contributed by atoms with Gasteiger partial charge in [0, 0.05) is 18.0 Å². The Morgan fingerprint density at radius 1 is 1.24 bits per heavy atom. The Balaban J connectivity index is 1.60. The Bertz CT molecular complexity index is 773. The van der Waals surface area contributed by atoms with Gasteiger partial charge in [-0.3, -0.25) is 4.79 Å². The fourth-order valence-electron chi connectivity index (χ4n) is 3.70. The lowest BCUT2D eigenvalue weighted by Crippen LogP contribution is -2.51. The number of hydrogen-bond donors (Lipinski definition) is 0. The highest BCUT2D eigenvalue weighted by Gasteiger charge is 2.43. The third-order valence-corrected chi connectivity index (χ3v) is 5.55. The number of aryl methyl sites for hydroxylation is 2. The van der Waals surface area contributed by atoms with E-state index >= 15 is 0 Å². The first-order chi connectivity index (χ1) is 12.0. The van der Waals surface area contributed by atoms with Crippen LogP contribution in [0.2, 0.25) is 0 Å². The SMILES string of the molecule is Cc1noc(C)c1CC(=O)N1CCCCC1(C)c1noc(C2CC2)n1. The lowest BCUT2D eigenvalue weighted by molar-refractivity contribution is -0.139. The normalized spacial score (nSPS) is 23.9. The molecule has 7 nitrogen and oxygen atoms in total. The zero-order chi connectivity index (χ0) is 17.6. The molecule has 2 aromatic heterocycles. The van der Waals surface area contributed by atoms with Gasteiger partial charge in [-0.25, -0.2) is 0 Å². The van der Waals surface area contributed by atoms with Crippen molar-refractivity contribution in [1.82, 2.24) is 20.2 Å². The number of carbonyl (C=O) groups is 1. The van der Waals surface area contributed by atoms with Gasteiger partial charge in [0.15, 0.2) is 5.82 Å². The molecule has 2 aromatic rings. The fourth-order valence-corrected chi connectivity index (χ4v) is 3.70. The van der Waals surface area contributed by atoms with Crippen molar-refractivity contribution in [3.8, 4) is 0 Å². The zero-order valence-electron chi connectivity index (χ0n) is 15.0. The first-order valence-electron chi connectivity index (χ1n) is 9.05. The Morgan fingerprint density at radius 2 is 2.04 bits per heavy atom. The molecule has 1 unspecified atom stereocenters. The Kier molecular flexibility index (Phi) is 3.89. The van der Waals surface area contributed by atoms with Crippen LogP contribution in [0.15, 0.2) is 9.05 Å². The van der Waals surface area contributed by atoms with Crippen LogP contribution in [-0.2, 0) is 16.8 Å². The summed E-state index contributed by atoms with van der Waals surface area (Å²) in [5.74, 6) is 2.55. The monoisotopic (exact) mass is 344 g/mol. The van der Waals surface area contributed by atoms with Crippen molar-refractivity contribution in [3.63, 3.8) is 0 Å². The Hall–Kier alpha value is -2.18. The van der Waals surface area contributed by atoms with Crippen molar-refractivity contribution < 1.29 is 13.8 Å². The minimum Gasteiger partial charge on any atom is -0.361 e. The van der Waals surface area contributed by atoms with Crippen LogP contribution in [-0.4, -0.2) is 32.6 Å². The molecule has 2 fully saturated rings. The molecule has 3 heterocycles. The molecule has 1 saturated heterocycles. The average molecular weight is 344 g/mol. The van der Waals surface area contributed by atoms with E-state index in [0.29, 0.717) is 30.5 Å². The Morgan fingerprint density at radius 3 is 2.72 bits per heavy atom. The molecule has 1 aliphatic heterocycles. The van der Waals surface area contributed by atoms with Crippen LogP contribution >= 0.6 is 0 Å². The minimum absolute atomic E-state index is 0.0642. The van der Waals surface area contributed by atoms with Crippen LogP contribution in [0.1, 0.15) is 73.7 Å². The Labute approximate surface area is 146 Å². The molecule has 4 rings (SSSR count). The largest absolute Gasteiger partial charge is 0.361 e. The number of nitrogens with zero attached hydrogens (tertiary/aromatic N) is 4. The van der Waals surface area contributed by atoms with E-state index in [2.05, 4.69) is 22.2 Å². The molecule has 1 amide bonds. The van der Waals surface area contributed by atoms with Crippen LogP contribution < -0.4 is 0 Å². The van der Waals surface area contributed by atoms with E-state index in [1.165, 1.54) is 0 Å². The van der Waals surface area contributed by atoms with Crippen molar-refractivity contribution in [2.24, 2.45) is 0 Å². The maximum Gasteiger partial charge on any atom is 0.229 e. The van der Waals surface area contributed by atoms with E-state index in [-0.39, 0.29) is 5.91 Å². The third-order valence-electron chi connectivity index (χ3n) is 5.55. The molecule has 0 N–H and O–H groups in total. The summed E-state index contributed by atoms with van der Waals surface area (Å²) in [4.78, 5) is 19.6. The van der Waals surface area contributed by atoms with Crippen LogP contribution in [0, 0.1) is 13.8 Å². The second-order valence-electron chi connectivity index (χ2n) is 7.49. The van der Waals surface area contributed by atoms with E-state index in [9.17, 15) is 4.79 Å². The lowest BCUT2D eigenvalue weighted by Gasteiger charge is -2.42. The predicted molar refractivity (Wildman–Crippen MR) is 88.9 cm³/mol. The highest BCUT2D eigenvalue weighted by molar-refractivity contribution is 5.80. The quantitative estimate of drug-likeness (QED) is 0.847. The summed E-state index contributed by atoms with van der Waals surface area (Å²) in [5.41, 5.74) is 1.15. The van der Waals surface area contributed by atoms with Gasteiger partial charge in [-0.05, 0) is 52.9 Å². The molecule has 0 aromatic carbocycles. The lowest BCUT2D eigenvalue weighted by atomic mass is 9.87. The first-order valence-corrected chi connectivity index (χ1v) is 9.05. The van der Waals surface area contributed by atoms with Gasteiger partial charge in [0.1, 0.15) is 11.3 Å². The fraction of sp³-hybridized carbons (Fsp3) is 0.667. The minimum atomic E-state index is -0.509. The van der Waals surface area contributed by atoms with Crippen molar-refractivity contribution in [2.75, 3.05) is 6.54 Å². The van der Waals surface area contributed by atoms with Gasteiger partial charge < -0.3 is 13.9 Å². The standard InChI is InChI=1S/C18H24N4O3/c1-11-14(12(2)24-20-11)10-15(23)22-9-5-4-8-18(22,3)17-19-16(25-21-17)13-6-7-13/h13H,4-10H2,1-3H3. The summed E-state index contributed by atoms with van der Waals surface area (Å²) >= 11 is 0. The molecular weight excluding hydrogens is 320 g/mol. The number of rotatable bonds is 4. The van der Waals surface area contributed by atoms with Crippen LogP contribution in [0.25, 0.3) is 0 Å².